The van der Waals surface area contributed by atoms with Gasteiger partial charge in [0.1, 0.15) is 0 Å². The van der Waals surface area contributed by atoms with Crippen molar-refractivity contribution in [3.8, 4) is 0 Å². The van der Waals surface area contributed by atoms with Crippen LogP contribution >= 0.6 is 0 Å². The van der Waals surface area contributed by atoms with E-state index >= 15 is 0 Å². The third kappa shape index (κ3) is 3.56. The van der Waals surface area contributed by atoms with Crippen molar-refractivity contribution >= 4 is 0 Å². The van der Waals surface area contributed by atoms with E-state index in [1.165, 1.54) is 23.4 Å². The quantitative estimate of drug-likeness (QED) is 0.790. The van der Waals surface area contributed by atoms with E-state index in [2.05, 4.69) is 37.7 Å². The third-order valence-electron chi connectivity index (χ3n) is 3.19. The molecule has 1 N–H and O–H groups in total. The fraction of sp³-hybridized carbons (Fsp3) is 0.786. The predicted octanol–water partition coefficient (Wildman–Crippen LogP) is 2.77. The van der Waals surface area contributed by atoms with Crippen LogP contribution < -0.4 is 5.32 Å². The molecular weight excluding hydrogens is 210 g/mol. The van der Waals surface area contributed by atoms with Gasteiger partial charge in [0.25, 0.3) is 0 Å². The number of hydrogen-bond donors (Lipinski definition) is 1. The van der Waals surface area contributed by atoms with Crippen LogP contribution in [0, 0.1) is 5.92 Å². The van der Waals surface area contributed by atoms with Crippen LogP contribution in [0.3, 0.4) is 0 Å². The molecule has 1 aromatic heterocycles. The van der Waals surface area contributed by atoms with E-state index in [1.54, 1.807) is 0 Å². The van der Waals surface area contributed by atoms with Gasteiger partial charge in [-0.3, -0.25) is 4.68 Å². The lowest BCUT2D eigenvalue weighted by molar-refractivity contribution is 0.474. The summed E-state index contributed by atoms with van der Waals surface area (Å²) in [6.45, 7) is 10.9. The van der Waals surface area contributed by atoms with Crippen LogP contribution in [0.5, 0.6) is 0 Å². The van der Waals surface area contributed by atoms with E-state index in [-0.39, 0.29) is 0 Å². The van der Waals surface area contributed by atoms with Crippen molar-refractivity contribution in [1.29, 1.82) is 0 Å². The molecule has 0 saturated heterocycles. The summed E-state index contributed by atoms with van der Waals surface area (Å²) in [6, 6.07) is 0. The Bertz CT molecular complexity index is 339. The molecule has 3 nitrogen and oxygen atoms in total. The first-order chi connectivity index (χ1) is 8.13. The molecule has 1 aromatic rings. The first-order valence-electron chi connectivity index (χ1n) is 6.85. The van der Waals surface area contributed by atoms with Crippen LogP contribution in [0.4, 0.5) is 0 Å². The number of aryl methyl sites for hydroxylation is 2. The van der Waals surface area contributed by atoms with E-state index in [1.807, 2.05) is 7.05 Å². The minimum absolute atomic E-state index is 0.738. The number of nitrogens with one attached hydrogen (secondary N) is 1. The molecule has 0 amide bonds. The lowest BCUT2D eigenvalue weighted by atomic mass is 10.1. The maximum Gasteiger partial charge on any atom is 0.0669 e. The molecule has 1 heterocycles. The molecule has 0 radical (unpaired) electrons. The molecule has 1 rings (SSSR count). The van der Waals surface area contributed by atoms with Gasteiger partial charge in [-0.25, -0.2) is 0 Å². The van der Waals surface area contributed by atoms with Gasteiger partial charge in [0.05, 0.1) is 5.69 Å². The summed E-state index contributed by atoms with van der Waals surface area (Å²) in [5.74, 6) is 0.738. The van der Waals surface area contributed by atoms with Gasteiger partial charge >= 0.3 is 0 Å². The Hall–Kier alpha value is -0.830. The smallest absolute Gasteiger partial charge is 0.0669 e. The summed E-state index contributed by atoms with van der Waals surface area (Å²) in [5, 5.41) is 8.03. The molecule has 0 aromatic carbocycles. The monoisotopic (exact) mass is 237 g/mol. The van der Waals surface area contributed by atoms with Crippen LogP contribution in [0.1, 0.15) is 51.1 Å². The zero-order valence-corrected chi connectivity index (χ0v) is 12.0. The Morgan fingerprint density at radius 2 is 1.94 bits per heavy atom. The second-order valence-electron chi connectivity index (χ2n) is 5.02. The Balaban J connectivity index is 2.95. The van der Waals surface area contributed by atoms with Gasteiger partial charge in [-0.1, -0.05) is 27.7 Å². The molecule has 0 bridgehead atoms. The summed E-state index contributed by atoms with van der Waals surface area (Å²) in [6.07, 6.45) is 3.30. The number of rotatable bonds is 7. The fourth-order valence-electron chi connectivity index (χ4n) is 2.22. The highest BCUT2D eigenvalue weighted by Gasteiger charge is 2.14. The maximum absolute atomic E-state index is 4.77. The SMILES string of the molecule is CCc1nn(CCC(C)C)c(CC)c1CNC. The van der Waals surface area contributed by atoms with Crippen molar-refractivity contribution in [3.05, 3.63) is 17.0 Å². The predicted molar refractivity (Wildman–Crippen MR) is 73.2 cm³/mol. The molecular formula is C14H27N3. The van der Waals surface area contributed by atoms with Gasteiger partial charge in [0.15, 0.2) is 0 Å². The van der Waals surface area contributed by atoms with Crippen molar-refractivity contribution in [2.75, 3.05) is 7.05 Å². The van der Waals surface area contributed by atoms with E-state index in [0.717, 1.165) is 31.8 Å². The van der Waals surface area contributed by atoms with Gasteiger partial charge < -0.3 is 5.32 Å². The molecule has 17 heavy (non-hydrogen) atoms. The van der Waals surface area contributed by atoms with Crippen LogP contribution in [-0.2, 0) is 25.9 Å². The van der Waals surface area contributed by atoms with E-state index < -0.39 is 0 Å². The lowest BCUT2D eigenvalue weighted by Gasteiger charge is -2.09. The average molecular weight is 237 g/mol. The highest BCUT2D eigenvalue weighted by Crippen LogP contribution is 2.17. The topological polar surface area (TPSA) is 29.9 Å². The van der Waals surface area contributed by atoms with Gasteiger partial charge in [-0.05, 0) is 32.2 Å². The van der Waals surface area contributed by atoms with Gasteiger partial charge in [0.2, 0.25) is 0 Å². The molecule has 0 atom stereocenters. The van der Waals surface area contributed by atoms with Gasteiger partial charge in [-0.2, -0.15) is 5.10 Å². The highest BCUT2D eigenvalue weighted by atomic mass is 15.3. The van der Waals surface area contributed by atoms with Gasteiger partial charge in [-0.15, -0.1) is 0 Å². The molecule has 0 aliphatic heterocycles. The molecule has 0 aliphatic carbocycles. The molecule has 3 heteroatoms. The van der Waals surface area contributed by atoms with E-state index in [4.69, 9.17) is 5.10 Å². The van der Waals surface area contributed by atoms with E-state index in [9.17, 15) is 0 Å². The van der Waals surface area contributed by atoms with Crippen molar-refractivity contribution in [3.63, 3.8) is 0 Å². The Labute approximate surface area is 106 Å². The number of hydrogen-bond acceptors (Lipinski definition) is 2. The standard InChI is InChI=1S/C14H27N3/c1-6-13-12(10-15-5)14(7-2)17(16-13)9-8-11(3)4/h11,15H,6-10H2,1-5H3. The Morgan fingerprint density at radius 1 is 1.24 bits per heavy atom. The fourth-order valence-corrected chi connectivity index (χ4v) is 2.22. The van der Waals surface area contributed by atoms with Crippen LogP contribution in [0.25, 0.3) is 0 Å². The lowest BCUT2D eigenvalue weighted by Crippen LogP contribution is -2.10. The zero-order valence-electron chi connectivity index (χ0n) is 12.0. The zero-order chi connectivity index (χ0) is 12.8. The Kier molecular flexibility index (Phi) is 5.69. The summed E-state index contributed by atoms with van der Waals surface area (Å²) in [7, 11) is 2.00. The van der Waals surface area contributed by atoms with Crippen LogP contribution in [0.15, 0.2) is 0 Å². The molecule has 0 spiro atoms. The average Bonchev–Trinajstić information content (AvgIpc) is 2.64. The van der Waals surface area contributed by atoms with Crippen molar-refractivity contribution in [2.45, 2.75) is 60.0 Å². The number of nitrogens with zero attached hydrogens (tertiary/aromatic N) is 2. The first-order valence-corrected chi connectivity index (χ1v) is 6.85. The Morgan fingerprint density at radius 3 is 2.41 bits per heavy atom. The van der Waals surface area contributed by atoms with Crippen molar-refractivity contribution in [2.24, 2.45) is 5.92 Å². The van der Waals surface area contributed by atoms with Gasteiger partial charge in [0, 0.05) is 24.3 Å². The van der Waals surface area contributed by atoms with Crippen LogP contribution in [-0.4, -0.2) is 16.8 Å². The van der Waals surface area contributed by atoms with E-state index in [0.29, 0.717) is 0 Å². The number of aromatic nitrogens is 2. The molecule has 0 aliphatic rings. The highest BCUT2D eigenvalue weighted by molar-refractivity contribution is 5.26. The second kappa shape index (κ2) is 6.80. The van der Waals surface area contributed by atoms with Crippen molar-refractivity contribution in [1.82, 2.24) is 15.1 Å². The van der Waals surface area contributed by atoms with Crippen LogP contribution in [0.2, 0.25) is 0 Å². The maximum atomic E-state index is 4.77. The third-order valence-corrected chi connectivity index (χ3v) is 3.19. The second-order valence-corrected chi connectivity index (χ2v) is 5.02. The normalized spacial score (nSPS) is 11.4. The molecule has 98 valence electrons. The largest absolute Gasteiger partial charge is 0.316 e. The molecule has 0 saturated carbocycles. The minimum atomic E-state index is 0.738. The van der Waals surface area contributed by atoms with Crippen molar-refractivity contribution < 1.29 is 0 Å². The summed E-state index contributed by atoms with van der Waals surface area (Å²) < 4.78 is 2.23. The summed E-state index contributed by atoms with van der Waals surface area (Å²) in [5.41, 5.74) is 4.10. The first kappa shape index (κ1) is 14.2. The summed E-state index contributed by atoms with van der Waals surface area (Å²) >= 11 is 0. The molecule has 0 fully saturated rings. The minimum Gasteiger partial charge on any atom is -0.316 e. The summed E-state index contributed by atoms with van der Waals surface area (Å²) in [4.78, 5) is 0. The molecule has 0 unspecified atom stereocenters.